The number of ether oxygens (including phenoxy) is 1. The van der Waals surface area contributed by atoms with Crippen molar-refractivity contribution >= 4 is 13.5 Å². The first-order valence-corrected chi connectivity index (χ1v) is 9.94. The smallest absolute Gasteiger partial charge is 0.408 e. The summed E-state index contributed by atoms with van der Waals surface area (Å²) >= 11 is 0. The molecule has 0 aliphatic heterocycles. The molecule has 24 heavy (non-hydrogen) atoms. The zero-order chi connectivity index (χ0) is 17.8. The Balaban J connectivity index is 2.09. The van der Waals surface area contributed by atoms with Gasteiger partial charge in [0, 0.05) is 11.6 Å². The molecule has 0 bridgehead atoms. The van der Waals surface area contributed by atoms with E-state index < -0.39 is 18.7 Å². The highest BCUT2D eigenvalue weighted by molar-refractivity contribution is 7.61. The van der Waals surface area contributed by atoms with Crippen LogP contribution in [-0.2, 0) is 20.4 Å². The van der Waals surface area contributed by atoms with Crippen molar-refractivity contribution in [3.63, 3.8) is 0 Å². The maximum absolute atomic E-state index is 13.4. The topological polar surface area (TPSA) is 64.6 Å². The zero-order valence-corrected chi connectivity index (χ0v) is 15.4. The molecule has 1 aromatic rings. The summed E-state index contributed by atoms with van der Waals surface area (Å²) < 4.78 is 24.4. The van der Waals surface area contributed by atoms with Crippen molar-refractivity contribution in [3.8, 4) is 0 Å². The first-order chi connectivity index (χ1) is 11.4. The number of carbonyl (C=O) groups excluding carboxylic acids is 1. The van der Waals surface area contributed by atoms with Gasteiger partial charge >= 0.3 is 6.09 Å². The third-order valence-corrected chi connectivity index (χ3v) is 8.10. The molecule has 0 spiro atoms. The van der Waals surface area contributed by atoms with Crippen molar-refractivity contribution < 1.29 is 18.6 Å². The van der Waals surface area contributed by atoms with Crippen LogP contribution in [0.5, 0.6) is 0 Å². The minimum absolute atomic E-state index is 0.0680. The highest BCUT2D eigenvalue weighted by Gasteiger charge is 2.67. The fourth-order valence-corrected chi connectivity index (χ4v) is 6.09. The van der Waals surface area contributed by atoms with Gasteiger partial charge in [0.05, 0.1) is 6.61 Å². The Bertz CT molecular complexity index is 631. The molecule has 1 aliphatic carbocycles. The summed E-state index contributed by atoms with van der Waals surface area (Å²) in [6, 6.07) is 9.43. The first-order valence-electron chi connectivity index (χ1n) is 8.25. The molecule has 1 aromatic carbocycles. The molecule has 1 saturated carbocycles. The van der Waals surface area contributed by atoms with Crippen LogP contribution in [0.15, 0.2) is 43.0 Å². The Labute approximate surface area is 143 Å². The van der Waals surface area contributed by atoms with Crippen LogP contribution in [0.4, 0.5) is 4.79 Å². The summed E-state index contributed by atoms with van der Waals surface area (Å²) in [6.07, 6.45) is 1.71. The molecular formula is C18H26NO4P. The van der Waals surface area contributed by atoms with E-state index in [9.17, 15) is 9.36 Å². The van der Waals surface area contributed by atoms with E-state index in [0.29, 0.717) is 13.0 Å². The Morgan fingerprint density at radius 3 is 2.62 bits per heavy atom. The van der Waals surface area contributed by atoms with E-state index in [-0.39, 0.29) is 18.2 Å². The number of benzene rings is 1. The number of amides is 1. The average Bonchev–Trinajstić information content (AvgIpc) is 3.28. The summed E-state index contributed by atoms with van der Waals surface area (Å²) in [5.41, 5.74) is 0.700. The highest BCUT2D eigenvalue weighted by Crippen LogP contribution is 2.74. The van der Waals surface area contributed by atoms with Crippen molar-refractivity contribution in [3.05, 3.63) is 48.6 Å². The molecule has 6 heteroatoms. The van der Waals surface area contributed by atoms with E-state index in [0.717, 1.165) is 5.56 Å². The van der Waals surface area contributed by atoms with E-state index in [1.807, 2.05) is 51.1 Å². The summed E-state index contributed by atoms with van der Waals surface area (Å²) in [5.74, 6) is -0.0680. The normalized spacial score (nSPS) is 24.9. The van der Waals surface area contributed by atoms with Crippen LogP contribution in [0, 0.1) is 5.92 Å². The second kappa shape index (κ2) is 7.54. The lowest BCUT2D eigenvalue weighted by atomic mass is 10.2. The number of carbonyl (C=O) groups is 1. The molecule has 1 N–H and O–H groups in total. The molecule has 2 rings (SSSR count). The van der Waals surface area contributed by atoms with E-state index in [1.54, 1.807) is 6.08 Å². The van der Waals surface area contributed by atoms with E-state index in [4.69, 9.17) is 9.26 Å². The van der Waals surface area contributed by atoms with E-state index in [1.165, 1.54) is 0 Å². The third-order valence-electron chi connectivity index (χ3n) is 4.36. The Hall–Kier alpha value is -1.58. The molecule has 1 unspecified atom stereocenters. The molecule has 1 fully saturated rings. The quantitative estimate of drug-likeness (QED) is 0.552. The van der Waals surface area contributed by atoms with Crippen molar-refractivity contribution in [2.45, 2.75) is 44.7 Å². The maximum atomic E-state index is 13.4. The van der Waals surface area contributed by atoms with Gasteiger partial charge in [0.1, 0.15) is 11.9 Å². The average molecular weight is 351 g/mol. The maximum Gasteiger partial charge on any atom is 0.408 e. The van der Waals surface area contributed by atoms with Gasteiger partial charge in [-0.25, -0.2) is 4.79 Å². The summed E-state index contributed by atoms with van der Waals surface area (Å²) in [5, 5.41) is 1.93. The van der Waals surface area contributed by atoms with Crippen molar-refractivity contribution in [1.82, 2.24) is 5.32 Å². The SMILES string of the molecule is C=C[C@@H]1C[C@]1(NC(=O)OCc1ccccc1)P(=O)(OCC)C(C)C. The van der Waals surface area contributed by atoms with E-state index >= 15 is 0 Å². The van der Waals surface area contributed by atoms with Gasteiger partial charge in [0.25, 0.3) is 0 Å². The molecule has 0 heterocycles. The van der Waals surface area contributed by atoms with Gasteiger partial charge < -0.3 is 14.6 Å². The fraction of sp³-hybridized carbons (Fsp3) is 0.500. The number of alkyl carbamates (subject to hydrolysis) is 1. The molecule has 1 amide bonds. The standard InChI is InChI=1S/C18H26NO4P/c1-5-16-12-18(16,24(21,14(3)4)23-6-2)19-17(20)22-13-15-10-8-7-9-11-15/h5,7-11,14,16H,1,6,12-13H2,2-4H3,(H,19,20)/t16-,18+,24?/m1/s1. The Morgan fingerprint density at radius 1 is 1.46 bits per heavy atom. The molecular weight excluding hydrogens is 325 g/mol. The lowest BCUT2D eigenvalue weighted by Crippen LogP contribution is -2.41. The van der Waals surface area contributed by atoms with Crippen LogP contribution < -0.4 is 5.32 Å². The predicted octanol–water partition coefficient (Wildman–Crippen LogP) is 4.54. The predicted molar refractivity (Wildman–Crippen MR) is 95.2 cm³/mol. The minimum Gasteiger partial charge on any atom is -0.445 e. The first kappa shape index (κ1) is 18.8. The van der Waals surface area contributed by atoms with Gasteiger partial charge in [0.15, 0.2) is 0 Å². The molecule has 1 aliphatic rings. The molecule has 3 atom stereocenters. The Morgan fingerprint density at radius 2 is 2.12 bits per heavy atom. The number of hydrogen-bond acceptors (Lipinski definition) is 4. The van der Waals surface area contributed by atoms with Gasteiger partial charge in [0.2, 0.25) is 7.37 Å². The monoisotopic (exact) mass is 351 g/mol. The van der Waals surface area contributed by atoms with Crippen LogP contribution in [0.2, 0.25) is 0 Å². The van der Waals surface area contributed by atoms with Crippen LogP contribution in [0.25, 0.3) is 0 Å². The van der Waals surface area contributed by atoms with Crippen molar-refractivity contribution in [2.75, 3.05) is 6.61 Å². The molecule has 0 saturated heterocycles. The number of rotatable bonds is 8. The third kappa shape index (κ3) is 3.57. The molecule has 0 aromatic heterocycles. The molecule has 132 valence electrons. The van der Waals surface area contributed by atoms with Gasteiger partial charge in [-0.1, -0.05) is 50.3 Å². The van der Waals surface area contributed by atoms with E-state index in [2.05, 4.69) is 11.9 Å². The summed E-state index contributed by atoms with van der Waals surface area (Å²) in [7, 11) is -3.09. The van der Waals surface area contributed by atoms with Crippen molar-refractivity contribution in [1.29, 1.82) is 0 Å². The summed E-state index contributed by atoms with van der Waals surface area (Å²) in [6.45, 7) is 9.80. The van der Waals surface area contributed by atoms with Gasteiger partial charge in [-0.3, -0.25) is 4.57 Å². The Kier molecular flexibility index (Phi) is 5.89. The minimum atomic E-state index is -3.09. The van der Waals surface area contributed by atoms with Gasteiger partial charge in [-0.05, 0) is 18.9 Å². The zero-order valence-electron chi connectivity index (χ0n) is 14.5. The highest BCUT2D eigenvalue weighted by atomic mass is 31.2. The van der Waals surface area contributed by atoms with Gasteiger partial charge in [-0.15, -0.1) is 6.58 Å². The van der Waals surface area contributed by atoms with Crippen LogP contribution in [0.3, 0.4) is 0 Å². The lowest BCUT2D eigenvalue weighted by molar-refractivity contribution is 0.136. The van der Waals surface area contributed by atoms with Crippen LogP contribution in [-0.4, -0.2) is 23.6 Å². The number of nitrogens with one attached hydrogen (secondary N) is 1. The molecule has 5 nitrogen and oxygen atoms in total. The largest absolute Gasteiger partial charge is 0.445 e. The van der Waals surface area contributed by atoms with Crippen molar-refractivity contribution in [2.24, 2.45) is 5.92 Å². The van der Waals surface area contributed by atoms with Crippen LogP contribution in [0.1, 0.15) is 32.8 Å². The lowest BCUT2D eigenvalue weighted by Gasteiger charge is -2.31. The molecule has 0 radical (unpaired) electrons. The fourth-order valence-electron chi connectivity index (χ4n) is 2.99. The van der Waals surface area contributed by atoms with Gasteiger partial charge in [-0.2, -0.15) is 0 Å². The summed E-state index contributed by atoms with van der Waals surface area (Å²) in [4.78, 5) is 12.3. The van der Waals surface area contributed by atoms with Crippen LogP contribution >= 0.6 is 7.37 Å². The second-order valence-electron chi connectivity index (χ2n) is 6.27. The second-order valence-corrected chi connectivity index (χ2v) is 9.55. The number of hydrogen-bond donors (Lipinski definition) is 1.